The molecule has 0 aliphatic heterocycles. The highest BCUT2D eigenvalue weighted by molar-refractivity contribution is 7.92. The van der Waals surface area contributed by atoms with Gasteiger partial charge in [-0.3, -0.25) is 9.52 Å². The molecule has 162 valence electrons. The van der Waals surface area contributed by atoms with E-state index in [0.717, 1.165) is 27.9 Å². The Balaban J connectivity index is 1.61. The quantitative estimate of drug-likeness (QED) is 0.558. The minimum Gasteiger partial charge on any atom is -0.484 e. The number of sulfonamides is 1. The molecule has 3 aromatic carbocycles. The van der Waals surface area contributed by atoms with Gasteiger partial charge in [0.1, 0.15) is 5.75 Å². The lowest BCUT2D eigenvalue weighted by Gasteiger charge is -2.13. The van der Waals surface area contributed by atoms with Gasteiger partial charge < -0.3 is 10.1 Å². The number of carbonyl (C=O) groups is 1. The number of carbonyl (C=O) groups excluding carboxylic acids is 1. The van der Waals surface area contributed by atoms with E-state index in [1.165, 1.54) is 24.3 Å². The van der Waals surface area contributed by atoms with Crippen molar-refractivity contribution < 1.29 is 17.9 Å². The van der Waals surface area contributed by atoms with Crippen LogP contribution in [0.5, 0.6) is 5.75 Å². The second kappa shape index (κ2) is 9.22. The van der Waals surface area contributed by atoms with Gasteiger partial charge in [-0.15, -0.1) is 0 Å². The summed E-state index contributed by atoms with van der Waals surface area (Å²) in [6, 6.07) is 17.1. The standard InChI is InChI=1S/C24H26N2O4S/c1-16-6-5-7-20(14-16)26-31(28,29)22-10-8-21(9-11-22)30-15-23(27)25-24-18(3)12-17(2)13-19(24)4/h5-14,26H,15H2,1-4H3,(H,25,27). The maximum Gasteiger partial charge on any atom is 0.262 e. The SMILES string of the molecule is Cc1cccc(NS(=O)(=O)c2ccc(OCC(=O)Nc3c(C)cc(C)cc3C)cc2)c1. The fourth-order valence-electron chi connectivity index (χ4n) is 3.34. The van der Waals surface area contributed by atoms with Gasteiger partial charge in [0.2, 0.25) is 0 Å². The Labute approximate surface area is 183 Å². The van der Waals surface area contributed by atoms with Crippen LogP contribution in [0.4, 0.5) is 11.4 Å². The van der Waals surface area contributed by atoms with E-state index < -0.39 is 10.0 Å². The number of anilines is 2. The van der Waals surface area contributed by atoms with E-state index in [1.807, 2.05) is 45.9 Å². The summed E-state index contributed by atoms with van der Waals surface area (Å²) in [7, 11) is -3.72. The molecule has 3 aromatic rings. The molecule has 0 aliphatic carbocycles. The second-order valence-corrected chi connectivity index (χ2v) is 9.24. The van der Waals surface area contributed by atoms with Crippen LogP contribution in [0.2, 0.25) is 0 Å². The zero-order chi connectivity index (χ0) is 22.6. The monoisotopic (exact) mass is 438 g/mol. The molecule has 7 heteroatoms. The summed E-state index contributed by atoms with van der Waals surface area (Å²) in [6.45, 7) is 7.61. The maximum atomic E-state index is 12.6. The lowest BCUT2D eigenvalue weighted by molar-refractivity contribution is -0.118. The third-order valence-electron chi connectivity index (χ3n) is 4.72. The van der Waals surface area contributed by atoms with Gasteiger partial charge in [-0.1, -0.05) is 29.8 Å². The van der Waals surface area contributed by atoms with E-state index >= 15 is 0 Å². The number of benzene rings is 3. The van der Waals surface area contributed by atoms with Crippen molar-refractivity contribution >= 4 is 27.3 Å². The molecule has 0 heterocycles. The Morgan fingerprint density at radius 1 is 0.871 bits per heavy atom. The average Bonchev–Trinajstić information content (AvgIpc) is 2.69. The number of aryl methyl sites for hydroxylation is 4. The molecule has 0 bridgehead atoms. The van der Waals surface area contributed by atoms with E-state index in [4.69, 9.17) is 4.74 Å². The van der Waals surface area contributed by atoms with Crippen LogP contribution in [0, 0.1) is 27.7 Å². The van der Waals surface area contributed by atoms with Gasteiger partial charge in [0, 0.05) is 11.4 Å². The summed E-state index contributed by atoms with van der Waals surface area (Å²) in [4.78, 5) is 12.4. The Morgan fingerprint density at radius 3 is 2.13 bits per heavy atom. The van der Waals surface area contributed by atoms with Crippen LogP contribution in [-0.2, 0) is 14.8 Å². The van der Waals surface area contributed by atoms with Crippen LogP contribution in [0.25, 0.3) is 0 Å². The van der Waals surface area contributed by atoms with Crippen LogP contribution in [0.15, 0.2) is 65.6 Å². The summed E-state index contributed by atoms with van der Waals surface area (Å²) >= 11 is 0. The Kier molecular flexibility index (Phi) is 6.65. The van der Waals surface area contributed by atoms with Gasteiger partial charge in [0.05, 0.1) is 4.90 Å². The van der Waals surface area contributed by atoms with Gasteiger partial charge in [-0.2, -0.15) is 0 Å². The molecule has 0 aliphatic rings. The molecule has 3 rings (SSSR count). The molecule has 0 radical (unpaired) electrons. The molecule has 2 N–H and O–H groups in total. The van der Waals surface area contributed by atoms with E-state index in [-0.39, 0.29) is 17.4 Å². The molecular weight excluding hydrogens is 412 g/mol. The lowest BCUT2D eigenvalue weighted by atomic mass is 10.1. The van der Waals surface area contributed by atoms with E-state index in [2.05, 4.69) is 10.0 Å². The van der Waals surface area contributed by atoms with Gasteiger partial charge in [0.15, 0.2) is 6.61 Å². The van der Waals surface area contributed by atoms with Crippen molar-refractivity contribution in [3.05, 3.63) is 82.9 Å². The summed E-state index contributed by atoms with van der Waals surface area (Å²) in [5.41, 5.74) is 5.35. The first-order valence-electron chi connectivity index (χ1n) is 9.84. The maximum absolute atomic E-state index is 12.6. The minimum absolute atomic E-state index is 0.108. The number of ether oxygens (including phenoxy) is 1. The van der Waals surface area contributed by atoms with Crippen molar-refractivity contribution in [1.82, 2.24) is 0 Å². The van der Waals surface area contributed by atoms with Crippen molar-refractivity contribution in [2.75, 3.05) is 16.6 Å². The van der Waals surface area contributed by atoms with Crippen molar-refractivity contribution in [3.8, 4) is 5.75 Å². The molecule has 0 unspecified atom stereocenters. The predicted octanol–water partition coefficient (Wildman–Crippen LogP) is 4.74. The first kappa shape index (κ1) is 22.4. The fraction of sp³-hybridized carbons (Fsp3) is 0.208. The Bertz CT molecular complexity index is 1180. The molecule has 1 amide bonds. The minimum atomic E-state index is -3.72. The fourth-order valence-corrected chi connectivity index (χ4v) is 4.39. The molecule has 0 saturated carbocycles. The first-order valence-corrected chi connectivity index (χ1v) is 11.3. The van der Waals surface area contributed by atoms with E-state index in [1.54, 1.807) is 18.2 Å². The second-order valence-electron chi connectivity index (χ2n) is 7.56. The van der Waals surface area contributed by atoms with Crippen molar-refractivity contribution in [2.24, 2.45) is 0 Å². The Hall–Kier alpha value is -3.32. The predicted molar refractivity (Wildman–Crippen MR) is 123 cm³/mol. The third kappa shape index (κ3) is 5.86. The largest absolute Gasteiger partial charge is 0.484 e. The highest BCUT2D eigenvalue weighted by Gasteiger charge is 2.15. The molecule has 31 heavy (non-hydrogen) atoms. The molecule has 0 spiro atoms. The Morgan fingerprint density at radius 2 is 1.52 bits per heavy atom. The molecule has 0 saturated heterocycles. The van der Waals surface area contributed by atoms with Crippen molar-refractivity contribution in [2.45, 2.75) is 32.6 Å². The van der Waals surface area contributed by atoms with Gasteiger partial charge in [-0.25, -0.2) is 8.42 Å². The summed E-state index contributed by atoms with van der Waals surface area (Å²) in [6.07, 6.45) is 0. The smallest absolute Gasteiger partial charge is 0.262 e. The number of amides is 1. The molecular formula is C24H26N2O4S. The average molecular weight is 439 g/mol. The summed E-state index contributed by atoms with van der Waals surface area (Å²) in [5.74, 6) is 0.120. The third-order valence-corrected chi connectivity index (χ3v) is 6.11. The van der Waals surface area contributed by atoms with Gasteiger partial charge in [0.25, 0.3) is 15.9 Å². The number of hydrogen-bond acceptors (Lipinski definition) is 4. The normalized spacial score (nSPS) is 11.1. The number of hydrogen-bond donors (Lipinski definition) is 2. The molecule has 0 aromatic heterocycles. The molecule has 0 fully saturated rings. The highest BCUT2D eigenvalue weighted by atomic mass is 32.2. The zero-order valence-corrected chi connectivity index (χ0v) is 18.8. The number of nitrogens with one attached hydrogen (secondary N) is 2. The first-order chi connectivity index (χ1) is 14.6. The van der Waals surface area contributed by atoms with Crippen LogP contribution in [0.1, 0.15) is 22.3 Å². The highest BCUT2D eigenvalue weighted by Crippen LogP contribution is 2.22. The van der Waals surface area contributed by atoms with Crippen LogP contribution in [0.3, 0.4) is 0 Å². The topological polar surface area (TPSA) is 84.5 Å². The van der Waals surface area contributed by atoms with Crippen LogP contribution in [-0.4, -0.2) is 20.9 Å². The number of rotatable bonds is 7. The lowest BCUT2D eigenvalue weighted by Crippen LogP contribution is -2.21. The van der Waals surface area contributed by atoms with E-state index in [0.29, 0.717) is 11.4 Å². The summed E-state index contributed by atoms with van der Waals surface area (Å²) in [5, 5.41) is 2.87. The zero-order valence-electron chi connectivity index (χ0n) is 18.0. The van der Waals surface area contributed by atoms with Crippen LogP contribution < -0.4 is 14.8 Å². The van der Waals surface area contributed by atoms with Gasteiger partial charge >= 0.3 is 0 Å². The van der Waals surface area contributed by atoms with Crippen molar-refractivity contribution in [3.63, 3.8) is 0 Å². The summed E-state index contributed by atoms with van der Waals surface area (Å²) < 4.78 is 33.2. The molecule has 0 atom stereocenters. The van der Waals surface area contributed by atoms with E-state index in [9.17, 15) is 13.2 Å². The van der Waals surface area contributed by atoms with Gasteiger partial charge in [-0.05, 0) is 80.8 Å². The molecule has 6 nitrogen and oxygen atoms in total. The van der Waals surface area contributed by atoms with Crippen LogP contribution >= 0.6 is 0 Å². The van der Waals surface area contributed by atoms with Crippen molar-refractivity contribution in [1.29, 1.82) is 0 Å².